The minimum absolute atomic E-state index is 0.344. The summed E-state index contributed by atoms with van der Waals surface area (Å²) >= 11 is 0. The van der Waals surface area contributed by atoms with Crippen LogP contribution in [0, 0.1) is 0 Å². The number of aryl methyl sites for hydroxylation is 2. The van der Waals surface area contributed by atoms with E-state index in [4.69, 9.17) is 4.74 Å². The van der Waals surface area contributed by atoms with Crippen molar-refractivity contribution in [2.45, 2.75) is 32.6 Å². The van der Waals surface area contributed by atoms with Gasteiger partial charge >= 0.3 is 5.97 Å². The Kier molecular flexibility index (Phi) is 7.79. The van der Waals surface area contributed by atoms with E-state index in [0.29, 0.717) is 11.3 Å². The molecule has 3 aromatic rings. The maximum Gasteiger partial charge on any atom is 0.343 e. The summed E-state index contributed by atoms with van der Waals surface area (Å²) in [5.74, 6) is 0.200. The van der Waals surface area contributed by atoms with Gasteiger partial charge in [0.15, 0.2) is 0 Å². The third-order valence-corrected chi connectivity index (χ3v) is 5.01. The SMILES string of the molecule is C=CCCc1ccc(C(=O)Oc2ccc(-c3ccc(CC/C=C/C)cc3)cc2)cc1. The summed E-state index contributed by atoms with van der Waals surface area (Å²) in [5, 5.41) is 0. The van der Waals surface area contributed by atoms with Gasteiger partial charge in [0.1, 0.15) is 5.75 Å². The van der Waals surface area contributed by atoms with Crippen molar-refractivity contribution in [1.82, 2.24) is 0 Å². The molecule has 3 rings (SSSR count). The van der Waals surface area contributed by atoms with E-state index in [9.17, 15) is 4.79 Å². The predicted octanol–water partition coefficient (Wildman–Crippen LogP) is 7.20. The van der Waals surface area contributed by atoms with Gasteiger partial charge in [0, 0.05) is 0 Å². The molecule has 0 bridgehead atoms. The molecule has 0 heterocycles. The van der Waals surface area contributed by atoms with Crippen LogP contribution in [0.3, 0.4) is 0 Å². The molecule has 0 aromatic heterocycles. The molecule has 2 nitrogen and oxygen atoms in total. The molecule has 0 spiro atoms. The second kappa shape index (κ2) is 11.0. The van der Waals surface area contributed by atoms with Gasteiger partial charge in [-0.05, 0) is 79.1 Å². The number of allylic oxidation sites excluding steroid dienone is 3. The molecule has 0 aliphatic rings. The summed E-state index contributed by atoms with van der Waals surface area (Å²) < 4.78 is 5.52. The van der Waals surface area contributed by atoms with Crippen LogP contribution in [0.4, 0.5) is 0 Å². The van der Waals surface area contributed by atoms with Crippen LogP contribution in [0.2, 0.25) is 0 Å². The van der Waals surface area contributed by atoms with Crippen molar-refractivity contribution >= 4 is 5.97 Å². The molecule has 2 heteroatoms. The molecule has 0 radical (unpaired) electrons. The molecule has 152 valence electrons. The van der Waals surface area contributed by atoms with Gasteiger partial charge in [0.25, 0.3) is 0 Å². The lowest BCUT2D eigenvalue weighted by Gasteiger charge is -2.07. The summed E-state index contributed by atoms with van der Waals surface area (Å²) in [7, 11) is 0. The molecule has 3 aromatic carbocycles. The van der Waals surface area contributed by atoms with E-state index in [1.165, 1.54) is 11.1 Å². The highest BCUT2D eigenvalue weighted by atomic mass is 16.5. The maximum absolute atomic E-state index is 12.4. The number of benzene rings is 3. The number of carbonyl (C=O) groups excluding carboxylic acids is 1. The molecule has 0 saturated heterocycles. The first-order chi connectivity index (χ1) is 14.7. The van der Waals surface area contributed by atoms with Crippen LogP contribution in [0.1, 0.15) is 41.3 Å². The summed E-state index contributed by atoms with van der Waals surface area (Å²) in [6, 6.07) is 23.8. The van der Waals surface area contributed by atoms with Crippen LogP contribution < -0.4 is 4.74 Å². The summed E-state index contributed by atoms with van der Waals surface area (Å²) in [6.45, 7) is 5.78. The number of rotatable bonds is 9. The Bertz CT molecular complexity index is 978. The highest BCUT2D eigenvalue weighted by Crippen LogP contribution is 2.24. The Morgan fingerprint density at radius 1 is 0.800 bits per heavy atom. The zero-order valence-corrected chi connectivity index (χ0v) is 17.5. The highest BCUT2D eigenvalue weighted by Gasteiger charge is 2.09. The monoisotopic (exact) mass is 396 g/mol. The lowest BCUT2D eigenvalue weighted by molar-refractivity contribution is 0.0735. The molecule has 0 aliphatic heterocycles. The van der Waals surface area contributed by atoms with Crippen molar-refractivity contribution in [3.05, 3.63) is 114 Å². The number of ether oxygens (including phenoxy) is 1. The lowest BCUT2D eigenvalue weighted by atomic mass is 10.0. The van der Waals surface area contributed by atoms with Gasteiger partial charge in [-0.2, -0.15) is 0 Å². The fraction of sp³-hybridized carbons (Fsp3) is 0.179. The van der Waals surface area contributed by atoms with Crippen LogP contribution in [-0.4, -0.2) is 5.97 Å². The fourth-order valence-corrected chi connectivity index (χ4v) is 3.24. The Hall–Kier alpha value is -3.39. The van der Waals surface area contributed by atoms with Gasteiger partial charge in [0.2, 0.25) is 0 Å². The topological polar surface area (TPSA) is 26.3 Å². The van der Waals surface area contributed by atoms with Gasteiger partial charge in [-0.1, -0.05) is 66.8 Å². The first-order valence-electron chi connectivity index (χ1n) is 10.4. The molecular weight excluding hydrogens is 368 g/mol. The van der Waals surface area contributed by atoms with E-state index < -0.39 is 0 Å². The number of esters is 1. The van der Waals surface area contributed by atoms with E-state index >= 15 is 0 Å². The molecular formula is C28H28O2. The number of hydrogen-bond donors (Lipinski definition) is 0. The minimum Gasteiger partial charge on any atom is -0.423 e. The number of hydrogen-bond acceptors (Lipinski definition) is 2. The molecule has 0 atom stereocenters. The van der Waals surface area contributed by atoms with Gasteiger partial charge in [-0.3, -0.25) is 0 Å². The first-order valence-corrected chi connectivity index (χ1v) is 10.4. The lowest BCUT2D eigenvalue weighted by Crippen LogP contribution is -2.08. The third kappa shape index (κ3) is 6.05. The zero-order chi connectivity index (χ0) is 21.2. The van der Waals surface area contributed by atoms with E-state index in [0.717, 1.165) is 36.8 Å². The van der Waals surface area contributed by atoms with Crippen molar-refractivity contribution in [1.29, 1.82) is 0 Å². The Morgan fingerprint density at radius 3 is 1.90 bits per heavy atom. The van der Waals surface area contributed by atoms with E-state index in [-0.39, 0.29) is 5.97 Å². The zero-order valence-electron chi connectivity index (χ0n) is 17.5. The van der Waals surface area contributed by atoms with Gasteiger partial charge in [-0.15, -0.1) is 6.58 Å². The second-order valence-electron chi connectivity index (χ2n) is 7.24. The Labute approximate surface area is 179 Å². The molecule has 0 saturated carbocycles. The summed E-state index contributed by atoms with van der Waals surface area (Å²) in [6.07, 6.45) is 10.1. The third-order valence-electron chi connectivity index (χ3n) is 5.01. The fourth-order valence-electron chi connectivity index (χ4n) is 3.24. The molecule has 0 fully saturated rings. The van der Waals surface area contributed by atoms with Crippen LogP contribution >= 0.6 is 0 Å². The van der Waals surface area contributed by atoms with Crippen LogP contribution in [0.5, 0.6) is 5.75 Å². The quantitative estimate of drug-likeness (QED) is 0.217. The maximum atomic E-state index is 12.4. The van der Waals surface area contributed by atoms with Crippen molar-refractivity contribution in [3.63, 3.8) is 0 Å². The average Bonchev–Trinajstić information content (AvgIpc) is 2.79. The number of carbonyl (C=O) groups is 1. The van der Waals surface area contributed by atoms with Crippen LogP contribution in [-0.2, 0) is 12.8 Å². The van der Waals surface area contributed by atoms with Crippen molar-refractivity contribution in [2.75, 3.05) is 0 Å². The van der Waals surface area contributed by atoms with Crippen LogP contribution in [0.15, 0.2) is 97.6 Å². The Morgan fingerprint density at radius 2 is 1.33 bits per heavy atom. The second-order valence-corrected chi connectivity index (χ2v) is 7.24. The van der Waals surface area contributed by atoms with E-state index in [2.05, 4.69) is 43.0 Å². The van der Waals surface area contributed by atoms with E-state index in [1.807, 2.05) is 61.5 Å². The van der Waals surface area contributed by atoms with Crippen molar-refractivity contribution < 1.29 is 9.53 Å². The van der Waals surface area contributed by atoms with Gasteiger partial charge < -0.3 is 4.74 Å². The summed E-state index contributed by atoms with van der Waals surface area (Å²) in [4.78, 5) is 12.4. The normalized spacial score (nSPS) is 10.8. The van der Waals surface area contributed by atoms with Crippen molar-refractivity contribution in [2.24, 2.45) is 0 Å². The molecule has 0 amide bonds. The summed E-state index contributed by atoms with van der Waals surface area (Å²) in [5.41, 5.74) is 5.32. The molecule has 0 N–H and O–H groups in total. The minimum atomic E-state index is -0.344. The first kappa shape index (κ1) is 21.3. The molecule has 0 unspecified atom stereocenters. The largest absolute Gasteiger partial charge is 0.423 e. The van der Waals surface area contributed by atoms with Crippen molar-refractivity contribution in [3.8, 4) is 16.9 Å². The smallest absolute Gasteiger partial charge is 0.343 e. The molecule has 0 aliphatic carbocycles. The van der Waals surface area contributed by atoms with Gasteiger partial charge in [-0.25, -0.2) is 4.79 Å². The standard InChI is InChI=1S/C28H28O2/c1-3-5-7-9-23-10-14-24(15-11-23)25-18-20-27(21-19-25)30-28(29)26-16-12-22(13-17-26)8-6-4-2/h3-5,10-21H,2,6-9H2,1H3/b5-3+. The Balaban J connectivity index is 1.60. The van der Waals surface area contributed by atoms with Gasteiger partial charge in [0.05, 0.1) is 5.56 Å². The highest BCUT2D eigenvalue weighted by molar-refractivity contribution is 5.91. The van der Waals surface area contributed by atoms with Crippen LogP contribution in [0.25, 0.3) is 11.1 Å². The predicted molar refractivity (Wildman–Crippen MR) is 125 cm³/mol. The van der Waals surface area contributed by atoms with E-state index in [1.54, 1.807) is 0 Å². The average molecular weight is 397 g/mol. The molecule has 30 heavy (non-hydrogen) atoms.